The molecule has 0 fully saturated rings. The van der Waals surface area contributed by atoms with Crippen molar-refractivity contribution < 1.29 is 14.4 Å². The van der Waals surface area contributed by atoms with Crippen LogP contribution in [-0.2, 0) is 16.0 Å². The van der Waals surface area contributed by atoms with E-state index in [0.717, 1.165) is 10.5 Å². The Labute approximate surface area is 147 Å². The van der Waals surface area contributed by atoms with E-state index in [0.29, 0.717) is 15.6 Å². The van der Waals surface area contributed by atoms with Crippen molar-refractivity contribution in [3.63, 3.8) is 0 Å². The fraction of sp³-hybridized carbons (Fsp3) is 0.118. The Morgan fingerprint density at radius 3 is 2.29 bits per heavy atom. The molecule has 0 spiro atoms. The first-order valence-electron chi connectivity index (χ1n) is 7.08. The third-order valence-electron chi connectivity index (χ3n) is 3.85. The summed E-state index contributed by atoms with van der Waals surface area (Å²) in [5.41, 5.74) is 6.70. The molecule has 0 saturated carbocycles. The molecule has 2 N–H and O–H groups in total. The number of nitrogens with two attached hydrogens (primary N) is 1. The molecule has 1 unspecified atom stereocenters. The number of carbonyl (C=O) groups is 3. The topological polar surface area (TPSA) is 80.5 Å². The predicted octanol–water partition coefficient (Wildman–Crippen LogP) is 3.31. The third kappa shape index (κ3) is 2.88. The Bertz CT molecular complexity index is 849. The van der Waals surface area contributed by atoms with Gasteiger partial charge in [-0.2, -0.15) is 0 Å². The highest BCUT2D eigenvalue weighted by molar-refractivity contribution is 6.32. The van der Waals surface area contributed by atoms with Gasteiger partial charge in [-0.3, -0.25) is 9.59 Å². The molecule has 0 saturated heterocycles. The van der Waals surface area contributed by atoms with Crippen LogP contribution in [-0.4, -0.2) is 17.7 Å². The van der Waals surface area contributed by atoms with Crippen LogP contribution < -0.4 is 10.6 Å². The number of urea groups is 1. The summed E-state index contributed by atoms with van der Waals surface area (Å²) >= 11 is 11.8. The van der Waals surface area contributed by atoms with E-state index in [1.165, 1.54) is 6.07 Å². The summed E-state index contributed by atoms with van der Waals surface area (Å²) in [6, 6.07) is 10.4. The molecule has 3 amide bonds. The maximum absolute atomic E-state index is 12.7. The minimum Gasteiger partial charge on any atom is -0.351 e. The van der Waals surface area contributed by atoms with Crippen LogP contribution >= 0.6 is 23.2 Å². The molecule has 122 valence electrons. The fourth-order valence-corrected chi connectivity index (χ4v) is 3.07. The van der Waals surface area contributed by atoms with Gasteiger partial charge in [0.1, 0.15) is 5.92 Å². The zero-order valence-electron chi connectivity index (χ0n) is 12.3. The number of anilines is 1. The maximum atomic E-state index is 12.7. The van der Waals surface area contributed by atoms with Crippen LogP contribution in [0.5, 0.6) is 0 Å². The molecule has 2 aromatic rings. The average molecular weight is 363 g/mol. The Balaban J connectivity index is 1.96. The van der Waals surface area contributed by atoms with Gasteiger partial charge in [0.05, 0.1) is 5.69 Å². The molecule has 0 aromatic heterocycles. The zero-order valence-corrected chi connectivity index (χ0v) is 13.8. The van der Waals surface area contributed by atoms with Crippen molar-refractivity contribution in [3.8, 4) is 0 Å². The quantitative estimate of drug-likeness (QED) is 0.850. The lowest BCUT2D eigenvalue weighted by atomic mass is 9.92. The molecule has 24 heavy (non-hydrogen) atoms. The van der Waals surface area contributed by atoms with Gasteiger partial charge in [0, 0.05) is 16.5 Å². The van der Waals surface area contributed by atoms with Crippen molar-refractivity contribution >= 4 is 46.6 Å². The van der Waals surface area contributed by atoms with Crippen molar-refractivity contribution in [2.45, 2.75) is 12.3 Å². The number of benzene rings is 2. The van der Waals surface area contributed by atoms with Crippen LogP contribution in [0.1, 0.15) is 17.0 Å². The van der Waals surface area contributed by atoms with Gasteiger partial charge in [-0.25, -0.2) is 9.69 Å². The molecular formula is C17H12Cl2N2O3. The third-order valence-corrected chi connectivity index (χ3v) is 4.33. The van der Waals surface area contributed by atoms with Crippen molar-refractivity contribution in [1.29, 1.82) is 0 Å². The summed E-state index contributed by atoms with van der Waals surface area (Å²) in [4.78, 5) is 37.6. The van der Waals surface area contributed by atoms with Gasteiger partial charge in [-0.05, 0) is 35.4 Å². The largest absolute Gasteiger partial charge is 0.351 e. The predicted molar refractivity (Wildman–Crippen MR) is 91.4 cm³/mol. The van der Waals surface area contributed by atoms with Crippen LogP contribution in [0.15, 0.2) is 42.5 Å². The monoisotopic (exact) mass is 362 g/mol. The van der Waals surface area contributed by atoms with Crippen molar-refractivity contribution in [2.75, 3.05) is 4.90 Å². The number of imide groups is 1. The molecule has 5 nitrogen and oxygen atoms in total. The number of halogens is 2. The number of rotatable bonds is 3. The van der Waals surface area contributed by atoms with E-state index >= 15 is 0 Å². The summed E-state index contributed by atoms with van der Waals surface area (Å²) in [6.45, 7) is 0. The first-order valence-corrected chi connectivity index (χ1v) is 7.84. The molecule has 2 aromatic carbocycles. The smallest absolute Gasteiger partial charge is 0.326 e. The summed E-state index contributed by atoms with van der Waals surface area (Å²) in [6.07, 6.45) is 0.0439. The number of primary amides is 1. The molecule has 0 aliphatic carbocycles. The number of hydrogen-bond acceptors (Lipinski definition) is 3. The second kappa shape index (κ2) is 6.26. The lowest BCUT2D eigenvalue weighted by molar-refractivity contribution is -0.127. The molecule has 1 aliphatic heterocycles. The normalized spacial score (nSPS) is 16.2. The summed E-state index contributed by atoms with van der Waals surface area (Å²) < 4.78 is 0. The first kappa shape index (κ1) is 16.5. The Hall–Kier alpha value is -2.37. The summed E-state index contributed by atoms with van der Waals surface area (Å²) in [5.74, 6) is -2.05. The number of nitrogens with zero attached hydrogens (tertiary/aromatic N) is 1. The van der Waals surface area contributed by atoms with Crippen LogP contribution in [0.25, 0.3) is 0 Å². The molecule has 7 heteroatoms. The number of fused-ring (bicyclic) bond motifs is 1. The van der Waals surface area contributed by atoms with E-state index in [9.17, 15) is 14.4 Å². The first-order chi connectivity index (χ1) is 11.4. The number of ketones is 1. The minimum absolute atomic E-state index is 0.0439. The van der Waals surface area contributed by atoms with Crippen molar-refractivity contribution in [3.05, 3.63) is 63.6 Å². The second-order valence-electron chi connectivity index (χ2n) is 5.42. The number of hydrogen-bond donors (Lipinski definition) is 1. The molecule has 1 aliphatic rings. The van der Waals surface area contributed by atoms with Gasteiger partial charge in [-0.1, -0.05) is 41.4 Å². The average Bonchev–Trinajstić information content (AvgIpc) is 2.80. The van der Waals surface area contributed by atoms with Gasteiger partial charge in [0.15, 0.2) is 5.78 Å². The molecule has 0 radical (unpaired) electrons. The highest BCUT2D eigenvalue weighted by atomic mass is 35.5. The van der Waals surface area contributed by atoms with Gasteiger partial charge in [0.2, 0.25) is 5.91 Å². The second-order valence-corrected chi connectivity index (χ2v) is 6.29. The highest BCUT2D eigenvalue weighted by Gasteiger charge is 2.43. The van der Waals surface area contributed by atoms with E-state index in [1.54, 1.807) is 36.4 Å². The summed E-state index contributed by atoms with van der Waals surface area (Å²) in [7, 11) is 0. The SMILES string of the molecule is NC(=O)N1C(=O)C(C(=O)Cc2ccc(Cl)cc2)c2ccc(Cl)cc21. The molecule has 0 bridgehead atoms. The molecule has 1 atom stereocenters. The molecule has 1 heterocycles. The molecular weight excluding hydrogens is 351 g/mol. The van der Waals surface area contributed by atoms with Gasteiger partial charge < -0.3 is 5.73 Å². The Morgan fingerprint density at radius 1 is 1.04 bits per heavy atom. The van der Waals surface area contributed by atoms with Crippen LogP contribution in [0.4, 0.5) is 10.5 Å². The minimum atomic E-state index is -1.07. The number of amides is 3. The Kier molecular flexibility index (Phi) is 4.30. The van der Waals surface area contributed by atoms with Gasteiger partial charge in [0.25, 0.3) is 0 Å². The molecule has 3 rings (SSSR count). The number of carbonyl (C=O) groups excluding carboxylic acids is 3. The highest BCUT2D eigenvalue weighted by Crippen LogP contribution is 2.39. The van der Waals surface area contributed by atoms with Crippen LogP contribution in [0.2, 0.25) is 10.0 Å². The van der Waals surface area contributed by atoms with Crippen molar-refractivity contribution in [2.24, 2.45) is 5.73 Å². The van der Waals surface area contributed by atoms with E-state index < -0.39 is 17.9 Å². The Morgan fingerprint density at radius 2 is 1.67 bits per heavy atom. The lowest BCUT2D eigenvalue weighted by Gasteiger charge is -2.12. The van der Waals surface area contributed by atoms with Gasteiger partial charge >= 0.3 is 6.03 Å². The van der Waals surface area contributed by atoms with E-state index in [-0.39, 0.29) is 17.9 Å². The van der Waals surface area contributed by atoms with Crippen molar-refractivity contribution in [1.82, 2.24) is 0 Å². The fourth-order valence-electron chi connectivity index (χ4n) is 2.78. The summed E-state index contributed by atoms with van der Waals surface area (Å²) in [5, 5.41) is 0.904. The van der Waals surface area contributed by atoms with E-state index in [1.807, 2.05) is 0 Å². The van der Waals surface area contributed by atoms with Crippen LogP contribution in [0, 0.1) is 0 Å². The van der Waals surface area contributed by atoms with E-state index in [2.05, 4.69) is 0 Å². The zero-order chi connectivity index (χ0) is 17.4. The lowest BCUT2D eigenvalue weighted by Crippen LogP contribution is -2.40. The maximum Gasteiger partial charge on any atom is 0.326 e. The number of Topliss-reactive ketones (excluding diaryl/α,β-unsaturated/α-hetero) is 1. The van der Waals surface area contributed by atoms with Crippen LogP contribution in [0.3, 0.4) is 0 Å². The van der Waals surface area contributed by atoms with E-state index in [4.69, 9.17) is 28.9 Å². The standard InChI is InChI=1S/C17H12Cl2N2O3/c18-10-3-1-9(2-4-10)7-14(22)15-12-6-5-11(19)8-13(12)21(16(15)23)17(20)24/h1-6,8,15H,7H2,(H2,20,24). The van der Waals surface area contributed by atoms with Gasteiger partial charge in [-0.15, -0.1) is 0 Å².